The smallest absolute Gasteiger partial charge is 0.179 e. The van der Waals surface area contributed by atoms with Crippen LogP contribution in [-0.2, 0) is 9.84 Å². The van der Waals surface area contributed by atoms with Crippen molar-refractivity contribution in [1.82, 2.24) is 0 Å². The Bertz CT molecular complexity index is 484. The Kier molecular flexibility index (Phi) is 2.83. The molecule has 0 atom stereocenters. The summed E-state index contributed by atoms with van der Waals surface area (Å²) in [5.41, 5.74) is 3.14. The molecule has 0 fully saturated rings. The molecule has 1 aromatic rings. The summed E-state index contributed by atoms with van der Waals surface area (Å²) in [6, 6.07) is 0. The van der Waals surface area contributed by atoms with Crippen molar-refractivity contribution in [2.24, 2.45) is 0 Å². The van der Waals surface area contributed by atoms with E-state index < -0.39 is 9.84 Å². The summed E-state index contributed by atoms with van der Waals surface area (Å²) < 4.78 is 23.1. The van der Waals surface area contributed by atoms with Crippen LogP contribution in [0.1, 0.15) is 22.3 Å². The lowest BCUT2D eigenvalue weighted by Gasteiger charge is -2.15. The third-order valence-electron chi connectivity index (χ3n) is 2.97. The molecule has 0 bridgehead atoms. The number of rotatable bonds is 1. The van der Waals surface area contributed by atoms with E-state index in [-0.39, 0.29) is 10.6 Å². The maximum Gasteiger partial charge on any atom is 0.179 e. The lowest BCUT2D eigenvalue weighted by atomic mass is 9.99. The van der Waals surface area contributed by atoms with Crippen molar-refractivity contribution >= 4 is 9.84 Å². The highest BCUT2D eigenvalue weighted by Crippen LogP contribution is 2.34. The number of hydrogen-bond donors (Lipinski definition) is 1. The van der Waals surface area contributed by atoms with Gasteiger partial charge in [0.2, 0.25) is 0 Å². The molecule has 0 saturated carbocycles. The van der Waals surface area contributed by atoms with E-state index in [2.05, 4.69) is 0 Å². The van der Waals surface area contributed by atoms with Gasteiger partial charge in [0, 0.05) is 6.26 Å². The molecule has 0 heterocycles. The number of sulfone groups is 1. The quantitative estimate of drug-likeness (QED) is 0.800. The molecule has 0 aliphatic carbocycles. The zero-order chi connectivity index (χ0) is 12.0. The molecule has 84 valence electrons. The van der Waals surface area contributed by atoms with Gasteiger partial charge in [-0.1, -0.05) is 0 Å². The third kappa shape index (κ3) is 1.86. The normalized spacial score (nSPS) is 11.8. The predicted molar refractivity (Wildman–Crippen MR) is 60.2 cm³/mol. The van der Waals surface area contributed by atoms with Gasteiger partial charge in [0.25, 0.3) is 0 Å². The Hall–Kier alpha value is -1.03. The molecule has 0 amide bonds. The van der Waals surface area contributed by atoms with E-state index in [1.807, 2.05) is 13.8 Å². The van der Waals surface area contributed by atoms with Gasteiger partial charge in [0.05, 0.1) is 0 Å². The number of aromatic hydroxyl groups is 1. The molecule has 0 aromatic heterocycles. The van der Waals surface area contributed by atoms with Crippen molar-refractivity contribution in [2.75, 3.05) is 6.26 Å². The largest absolute Gasteiger partial charge is 0.506 e. The molecule has 0 aliphatic rings. The Labute approximate surface area is 90.7 Å². The maximum atomic E-state index is 11.5. The number of hydrogen-bond acceptors (Lipinski definition) is 3. The topological polar surface area (TPSA) is 54.4 Å². The molecule has 0 aliphatic heterocycles. The summed E-state index contributed by atoms with van der Waals surface area (Å²) in [4.78, 5) is 0.0584. The monoisotopic (exact) mass is 228 g/mol. The van der Waals surface area contributed by atoms with E-state index >= 15 is 0 Å². The minimum Gasteiger partial charge on any atom is -0.506 e. The van der Waals surface area contributed by atoms with Gasteiger partial charge in [-0.2, -0.15) is 0 Å². The first-order valence-electron chi connectivity index (χ1n) is 4.67. The van der Waals surface area contributed by atoms with Gasteiger partial charge in [-0.15, -0.1) is 0 Å². The van der Waals surface area contributed by atoms with Crippen molar-refractivity contribution in [3.05, 3.63) is 22.3 Å². The molecule has 1 rings (SSSR count). The molecule has 0 spiro atoms. The molecule has 15 heavy (non-hydrogen) atoms. The van der Waals surface area contributed by atoms with Crippen molar-refractivity contribution in [3.63, 3.8) is 0 Å². The summed E-state index contributed by atoms with van der Waals surface area (Å²) in [6.45, 7) is 7.19. The Morgan fingerprint density at radius 1 is 0.867 bits per heavy atom. The van der Waals surface area contributed by atoms with Gasteiger partial charge in [0.15, 0.2) is 9.84 Å². The lowest BCUT2D eigenvalue weighted by Crippen LogP contribution is -2.05. The fourth-order valence-corrected chi connectivity index (χ4v) is 2.93. The van der Waals surface area contributed by atoms with Gasteiger partial charge < -0.3 is 5.11 Å². The zero-order valence-electron chi connectivity index (χ0n) is 9.67. The SMILES string of the molecule is Cc1c(C)c(C)c(S(C)(=O)=O)c(O)c1C. The van der Waals surface area contributed by atoms with Gasteiger partial charge in [-0.25, -0.2) is 8.42 Å². The summed E-state index contributed by atoms with van der Waals surface area (Å²) in [7, 11) is -3.38. The van der Waals surface area contributed by atoms with Crippen LogP contribution in [0.3, 0.4) is 0 Å². The highest BCUT2D eigenvalue weighted by Gasteiger charge is 2.21. The van der Waals surface area contributed by atoms with Crippen LogP contribution in [0.25, 0.3) is 0 Å². The van der Waals surface area contributed by atoms with Crippen LogP contribution in [0.15, 0.2) is 4.90 Å². The highest BCUT2D eigenvalue weighted by molar-refractivity contribution is 7.90. The molecule has 1 aromatic carbocycles. The lowest BCUT2D eigenvalue weighted by molar-refractivity contribution is 0.452. The summed E-state index contributed by atoms with van der Waals surface area (Å²) in [5.74, 6) is -0.113. The van der Waals surface area contributed by atoms with Crippen LogP contribution >= 0.6 is 0 Å². The number of phenolic OH excluding ortho intramolecular Hbond substituents is 1. The molecule has 4 heteroatoms. The molecular formula is C11H16O3S. The van der Waals surface area contributed by atoms with Crippen LogP contribution in [0.5, 0.6) is 5.75 Å². The zero-order valence-corrected chi connectivity index (χ0v) is 10.5. The number of benzene rings is 1. The van der Waals surface area contributed by atoms with E-state index in [1.165, 1.54) is 0 Å². The highest BCUT2D eigenvalue weighted by atomic mass is 32.2. The fraction of sp³-hybridized carbons (Fsp3) is 0.455. The van der Waals surface area contributed by atoms with Crippen molar-refractivity contribution in [1.29, 1.82) is 0 Å². The second kappa shape index (κ2) is 3.52. The first kappa shape index (κ1) is 12.0. The van der Waals surface area contributed by atoms with Crippen LogP contribution < -0.4 is 0 Å². The summed E-state index contributed by atoms with van der Waals surface area (Å²) >= 11 is 0. The molecular weight excluding hydrogens is 212 g/mol. The summed E-state index contributed by atoms with van der Waals surface area (Å²) in [6.07, 6.45) is 1.11. The van der Waals surface area contributed by atoms with Gasteiger partial charge in [-0.05, 0) is 49.9 Å². The van der Waals surface area contributed by atoms with E-state index in [9.17, 15) is 13.5 Å². The Morgan fingerprint density at radius 3 is 1.67 bits per heavy atom. The summed E-state index contributed by atoms with van der Waals surface area (Å²) in [5, 5.41) is 9.84. The molecule has 0 saturated heterocycles. The van der Waals surface area contributed by atoms with Crippen molar-refractivity contribution in [3.8, 4) is 5.75 Å². The van der Waals surface area contributed by atoms with Crippen molar-refractivity contribution < 1.29 is 13.5 Å². The molecule has 0 radical (unpaired) electrons. The Balaban J connectivity index is 3.84. The van der Waals surface area contributed by atoms with E-state index in [0.29, 0.717) is 11.1 Å². The third-order valence-corrected chi connectivity index (χ3v) is 4.21. The minimum absolute atomic E-state index is 0.0584. The van der Waals surface area contributed by atoms with Gasteiger partial charge in [-0.3, -0.25) is 0 Å². The first-order chi connectivity index (χ1) is 6.68. The first-order valence-corrected chi connectivity index (χ1v) is 6.56. The average molecular weight is 228 g/mol. The van der Waals surface area contributed by atoms with Crippen LogP contribution in [-0.4, -0.2) is 19.8 Å². The standard InChI is InChI=1S/C11H16O3S/c1-6-7(2)9(4)11(15(5,13)14)10(12)8(6)3/h12H,1-5H3. The number of phenols is 1. The fourth-order valence-electron chi connectivity index (χ4n) is 1.71. The van der Waals surface area contributed by atoms with Gasteiger partial charge >= 0.3 is 0 Å². The van der Waals surface area contributed by atoms with Crippen LogP contribution in [0, 0.1) is 27.7 Å². The second-order valence-electron chi connectivity index (χ2n) is 3.95. The van der Waals surface area contributed by atoms with E-state index in [0.717, 1.165) is 17.4 Å². The predicted octanol–water partition coefficient (Wildman–Crippen LogP) is 2.03. The Morgan fingerprint density at radius 2 is 1.27 bits per heavy atom. The van der Waals surface area contributed by atoms with Crippen LogP contribution in [0.2, 0.25) is 0 Å². The van der Waals surface area contributed by atoms with E-state index in [4.69, 9.17) is 0 Å². The molecule has 1 N–H and O–H groups in total. The molecule has 3 nitrogen and oxygen atoms in total. The van der Waals surface area contributed by atoms with Crippen molar-refractivity contribution in [2.45, 2.75) is 32.6 Å². The second-order valence-corrected chi connectivity index (χ2v) is 5.90. The molecule has 0 unspecified atom stereocenters. The van der Waals surface area contributed by atoms with E-state index in [1.54, 1.807) is 13.8 Å². The van der Waals surface area contributed by atoms with Crippen LogP contribution in [0.4, 0.5) is 0 Å². The minimum atomic E-state index is -3.38. The maximum absolute atomic E-state index is 11.5. The van der Waals surface area contributed by atoms with Gasteiger partial charge in [0.1, 0.15) is 10.6 Å². The average Bonchev–Trinajstić information content (AvgIpc) is 2.09.